The number of carbonyl (C=O) groups excluding carboxylic acids is 2. The second-order valence-corrected chi connectivity index (χ2v) is 4.67. The predicted octanol–water partition coefficient (Wildman–Crippen LogP) is 2.68. The van der Waals surface area contributed by atoms with Crippen molar-refractivity contribution in [2.75, 3.05) is 0 Å². The second kappa shape index (κ2) is 7.22. The van der Waals surface area contributed by atoms with Gasteiger partial charge in [-0.25, -0.2) is 0 Å². The van der Waals surface area contributed by atoms with E-state index in [1.165, 1.54) is 0 Å². The lowest BCUT2D eigenvalue weighted by atomic mass is 10.0. The molecule has 1 aromatic rings. The number of rotatable bonds is 5. The third-order valence-corrected chi connectivity index (χ3v) is 3.08. The van der Waals surface area contributed by atoms with Crippen LogP contribution in [-0.2, 0) is 9.59 Å². The molecule has 0 aliphatic carbocycles. The molecule has 1 aliphatic rings. The highest BCUT2D eigenvalue weighted by Crippen LogP contribution is 2.23. The van der Waals surface area contributed by atoms with Crippen LogP contribution in [0.1, 0.15) is 19.4 Å². The van der Waals surface area contributed by atoms with Gasteiger partial charge in [-0.3, -0.25) is 14.9 Å². The first-order valence-electron chi connectivity index (χ1n) is 7.05. The Labute approximate surface area is 129 Å². The van der Waals surface area contributed by atoms with Crippen molar-refractivity contribution in [2.45, 2.75) is 13.8 Å². The molecule has 2 rings (SSSR count). The first-order chi connectivity index (χ1) is 10.7. The van der Waals surface area contributed by atoms with Crippen LogP contribution in [0.3, 0.4) is 0 Å². The standard InChI is InChI=1S/C18H18N2O2/c1-3-5-12-14(9-4-2)19-16-15(17(21)20-18(16)22)13-10-7-6-8-11-13/h3-12H,1-2H3,(H2,19,20,21,22)/b5-3-,9-4-,14-12+. The molecule has 0 aromatic heterocycles. The Hall–Kier alpha value is -2.88. The zero-order valence-electron chi connectivity index (χ0n) is 12.6. The van der Waals surface area contributed by atoms with Crippen molar-refractivity contribution in [2.24, 2.45) is 0 Å². The van der Waals surface area contributed by atoms with E-state index in [-0.39, 0.29) is 11.6 Å². The molecule has 2 amide bonds. The summed E-state index contributed by atoms with van der Waals surface area (Å²) in [5.74, 6) is -0.802. The van der Waals surface area contributed by atoms with Crippen LogP contribution in [0.15, 0.2) is 72.1 Å². The molecule has 1 heterocycles. The first kappa shape index (κ1) is 15.5. The molecule has 0 saturated heterocycles. The van der Waals surface area contributed by atoms with Gasteiger partial charge in [-0.05, 0) is 31.6 Å². The average Bonchev–Trinajstić information content (AvgIpc) is 2.80. The number of hydrogen-bond acceptors (Lipinski definition) is 3. The zero-order valence-corrected chi connectivity index (χ0v) is 12.6. The van der Waals surface area contributed by atoms with Crippen molar-refractivity contribution in [3.05, 3.63) is 77.7 Å². The largest absolute Gasteiger partial charge is 0.350 e. The highest BCUT2D eigenvalue weighted by molar-refractivity contribution is 6.35. The van der Waals surface area contributed by atoms with Gasteiger partial charge in [-0.2, -0.15) is 0 Å². The summed E-state index contributed by atoms with van der Waals surface area (Å²) in [5.41, 5.74) is 2.07. The number of nitrogens with one attached hydrogen (secondary N) is 2. The molecule has 112 valence electrons. The molecule has 22 heavy (non-hydrogen) atoms. The summed E-state index contributed by atoms with van der Waals surface area (Å²) in [7, 11) is 0. The van der Waals surface area contributed by atoms with Gasteiger partial charge in [0.2, 0.25) is 0 Å². The third-order valence-electron chi connectivity index (χ3n) is 3.08. The van der Waals surface area contributed by atoms with Crippen molar-refractivity contribution >= 4 is 17.4 Å². The monoisotopic (exact) mass is 294 g/mol. The molecule has 0 atom stereocenters. The molecule has 0 saturated carbocycles. The number of amides is 2. The van der Waals surface area contributed by atoms with E-state index in [4.69, 9.17) is 0 Å². The molecular formula is C18H18N2O2. The van der Waals surface area contributed by atoms with E-state index in [1.807, 2.05) is 62.4 Å². The number of carbonyl (C=O) groups is 2. The minimum atomic E-state index is -0.417. The first-order valence-corrected chi connectivity index (χ1v) is 7.05. The van der Waals surface area contributed by atoms with Gasteiger partial charge in [0, 0.05) is 5.70 Å². The second-order valence-electron chi connectivity index (χ2n) is 4.67. The minimum absolute atomic E-state index is 0.269. The molecule has 0 fully saturated rings. The number of hydrogen-bond donors (Lipinski definition) is 2. The van der Waals surface area contributed by atoms with Gasteiger partial charge in [0.05, 0.1) is 5.57 Å². The predicted molar refractivity (Wildman–Crippen MR) is 87.4 cm³/mol. The highest BCUT2D eigenvalue weighted by Gasteiger charge is 2.31. The molecule has 2 N–H and O–H groups in total. The van der Waals surface area contributed by atoms with Crippen LogP contribution in [0.2, 0.25) is 0 Å². The molecule has 0 radical (unpaired) electrons. The SMILES string of the molecule is C\C=C/C=C(\C=C/C)NC1=C(c2ccccc2)C(=O)NC1=O. The van der Waals surface area contributed by atoms with Gasteiger partial charge < -0.3 is 5.32 Å². The van der Waals surface area contributed by atoms with E-state index in [0.29, 0.717) is 11.1 Å². The Bertz CT molecular complexity index is 695. The van der Waals surface area contributed by atoms with Gasteiger partial charge in [0.1, 0.15) is 5.70 Å². The fourth-order valence-electron chi connectivity index (χ4n) is 2.12. The van der Waals surface area contributed by atoms with Crippen LogP contribution in [0.5, 0.6) is 0 Å². The van der Waals surface area contributed by atoms with Crippen LogP contribution in [-0.4, -0.2) is 11.8 Å². The summed E-state index contributed by atoms with van der Waals surface area (Å²) in [5, 5.41) is 5.39. The summed E-state index contributed by atoms with van der Waals surface area (Å²) in [6, 6.07) is 9.14. The van der Waals surface area contributed by atoms with Gasteiger partial charge in [0.15, 0.2) is 0 Å². The Morgan fingerprint density at radius 2 is 1.77 bits per heavy atom. The Morgan fingerprint density at radius 1 is 1.05 bits per heavy atom. The topological polar surface area (TPSA) is 58.2 Å². The summed E-state index contributed by atoms with van der Waals surface area (Å²) in [6.07, 6.45) is 9.29. The van der Waals surface area contributed by atoms with Gasteiger partial charge >= 0.3 is 0 Å². The van der Waals surface area contributed by atoms with E-state index >= 15 is 0 Å². The molecule has 1 aliphatic heterocycles. The molecular weight excluding hydrogens is 276 g/mol. The third kappa shape index (κ3) is 3.41. The maximum atomic E-state index is 12.1. The van der Waals surface area contributed by atoms with Crippen molar-refractivity contribution < 1.29 is 9.59 Å². The smallest absolute Gasteiger partial charge is 0.275 e. The van der Waals surface area contributed by atoms with E-state index < -0.39 is 5.91 Å². The summed E-state index contributed by atoms with van der Waals surface area (Å²) in [6.45, 7) is 3.79. The van der Waals surface area contributed by atoms with Crippen LogP contribution < -0.4 is 10.6 Å². The van der Waals surface area contributed by atoms with Crippen molar-refractivity contribution in [3.8, 4) is 0 Å². The van der Waals surface area contributed by atoms with Gasteiger partial charge in [-0.15, -0.1) is 0 Å². The molecule has 4 heteroatoms. The van der Waals surface area contributed by atoms with Crippen molar-refractivity contribution in [1.82, 2.24) is 10.6 Å². The Kier molecular flexibility index (Phi) is 5.09. The Morgan fingerprint density at radius 3 is 2.41 bits per heavy atom. The van der Waals surface area contributed by atoms with E-state index in [0.717, 1.165) is 5.70 Å². The average molecular weight is 294 g/mol. The summed E-state index contributed by atoms with van der Waals surface area (Å²) < 4.78 is 0. The van der Waals surface area contributed by atoms with E-state index in [1.54, 1.807) is 12.1 Å². The fraction of sp³-hybridized carbons (Fsp3) is 0.111. The maximum absolute atomic E-state index is 12.1. The molecule has 0 unspecified atom stereocenters. The van der Waals surface area contributed by atoms with Crippen LogP contribution >= 0.6 is 0 Å². The lowest BCUT2D eigenvalue weighted by molar-refractivity contribution is -0.123. The van der Waals surface area contributed by atoms with Gasteiger partial charge in [-0.1, -0.05) is 48.6 Å². The summed E-state index contributed by atoms with van der Waals surface area (Å²) in [4.78, 5) is 24.1. The molecule has 0 spiro atoms. The number of benzene rings is 1. The van der Waals surface area contributed by atoms with Crippen LogP contribution in [0.25, 0.3) is 5.57 Å². The normalized spacial score (nSPS) is 16.0. The highest BCUT2D eigenvalue weighted by atomic mass is 16.2. The van der Waals surface area contributed by atoms with Crippen molar-refractivity contribution in [1.29, 1.82) is 0 Å². The quantitative estimate of drug-likeness (QED) is 0.648. The molecule has 4 nitrogen and oxygen atoms in total. The maximum Gasteiger partial charge on any atom is 0.275 e. The lowest BCUT2D eigenvalue weighted by Crippen LogP contribution is -2.26. The minimum Gasteiger partial charge on any atom is -0.350 e. The number of allylic oxidation sites excluding steroid dienone is 5. The fourth-order valence-corrected chi connectivity index (χ4v) is 2.12. The Balaban J connectivity index is 2.46. The molecule has 0 bridgehead atoms. The van der Waals surface area contributed by atoms with E-state index in [9.17, 15) is 9.59 Å². The van der Waals surface area contributed by atoms with Crippen LogP contribution in [0.4, 0.5) is 0 Å². The van der Waals surface area contributed by atoms with Gasteiger partial charge in [0.25, 0.3) is 11.8 Å². The summed E-state index contributed by atoms with van der Waals surface area (Å²) >= 11 is 0. The lowest BCUT2D eigenvalue weighted by Gasteiger charge is -2.08. The number of imide groups is 1. The molecule has 1 aromatic carbocycles. The van der Waals surface area contributed by atoms with Crippen LogP contribution in [0, 0.1) is 0 Å². The van der Waals surface area contributed by atoms with Crippen molar-refractivity contribution in [3.63, 3.8) is 0 Å². The van der Waals surface area contributed by atoms with E-state index in [2.05, 4.69) is 10.6 Å². The zero-order chi connectivity index (χ0) is 15.9.